The molecule has 0 bridgehead atoms. The van der Waals surface area contributed by atoms with Crippen LogP contribution >= 0.6 is 15.9 Å². The second-order valence-electron chi connectivity index (χ2n) is 7.85. The van der Waals surface area contributed by atoms with E-state index >= 15 is 0 Å². The average molecular weight is 512 g/mol. The van der Waals surface area contributed by atoms with E-state index in [1.807, 2.05) is 42.5 Å². The van der Waals surface area contributed by atoms with Crippen LogP contribution in [0.2, 0.25) is 0 Å². The van der Waals surface area contributed by atoms with Crippen molar-refractivity contribution in [2.75, 3.05) is 10.3 Å². The molecule has 0 aliphatic carbocycles. The monoisotopic (exact) mass is 511 g/mol. The number of benzene rings is 3. The Labute approximate surface area is 198 Å². The highest BCUT2D eigenvalue weighted by molar-refractivity contribution is 9.10. The Morgan fingerprint density at radius 2 is 1.76 bits per heavy atom. The number of hydrogen-bond donors (Lipinski definition) is 1. The van der Waals surface area contributed by atoms with Crippen LogP contribution in [0.25, 0.3) is 11.1 Å². The van der Waals surface area contributed by atoms with Gasteiger partial charge in [-0.25, -0.2) is 8.78 Å². The fraction of sp³-hybridized carbons (Fsp3) is 0.160. The molecule has 8 heteroatoms. The first-order chi connectivity index (χ1) is 15.6. The maximum atomic E-state index is 13.6. The molecular formula is C25H20BrF2N3O2. The summed E-state index contributed by atoms with van der Waals surface area (Å²) in [5.74, 6) is -5.34. The molecule has 168 valence electrons. The van der Waals surface area contributed by atoms with Gasteiger partial charge in [-0.15, -0.1) is 0 Å². The first-order valence-electron chi connectivity index (χ1n) is 10.2. The molecule has 3 aromatic carbocycles. The van der Waals surface area contributed by atoms with Crippen LogP contribution in [0.1, 0.15) is 19.4 Å². The van der Waals surface area contributed by atoms with Gasteiger partial charge in [-0.05, 0) is 48.4 Å². The zero-order valence-electron chi connectivity index (χ0n) is 17.9. The van der Waals surface area contributed by atoms with E-state index in [-0.39, 0.29) is 11.3 Å². The predicted molar refractivity (Wildman–Crippen MR) is 128 cm³/mol. The molecule has 1 aliphatic rings. The van der Waals surface area contributed by atoms with Crippen LogP contribution in [0.4, 0.5) is 20.2 Å². The SMILES string of the molecule is CC1=NN(c2cc(Br)cc(-c3ccccc3)c2)C(=O)C1C(=O)Nc1cccc(C(C)(F)F)c1. The topological polar surface area (TPSA) is 61.8 Å². The van der Waals surface area contributed by atoms with Crippen LogP contribution in [0.5, 0.6) is 0 Å². The second kappa shape index (κ2) is 8.86. The number of carbonyl (C=O) groups excluding carboxylic acids is 2. The summed E-state index contributed by atoms with van der Waals surface area (Å²) < 4.78 is 28.0. The Hall–Kier alpha value is -3.39. The Morgan fingerprint density at radius 3 is 2.45 bits per heavy atom. The quantitative estimate of drug-likeness (QED) is 0.414. The number of rotatable bonds is 5. The van der Waals surface area contributed by atoms with Crippen molar-refractivity contribution in [2.45, 2.75) is 19.8 Å². The van der Waals surface area contributed by atoms with Gasteiger partial charge in [-0.2, -0.15) is 10.1 Å². The third-order valence-corrected chi connectivity index (χ3v) is 5.72. The zero-order chi connectivity index (χ0) is 23.8. The number of halogens is 3. The van der Waals surface area contributed by atoms with Crippen molar-refractivity contribution in [1.29, 1.82) is 0 Å². The maximum absolute atomic E-state index is 13.6. The summed E-state index contributed by atoms with van der Waals surface area (Å²) in [7, 11) is 0. The van der Waals surface area contributed by atoms with Crippen molar-refractivity contribution in [2.24, 2.45) is 11.0 Å². The number of anilines is 2. The molecular weight excluding hydrogens is 492 g/mol. The molecule has 0 saturated carbocycles. The van der Waals surface area contributed by atoms with Crippen molar-refractivity contribution in [1.82, 2.24) is 0 Å². The van der Waals surface area contributed by atoms with Crippen molar-refractivity contribution < 1.29 is 18.4 Å². The summed E-state index contributed by atoms with van der Waals surface area (Å²) in [6.07, 6.45) is 0. The summed E-state index contributed by atoms with van der Waals surface area (Å²) in [5.41, 5.74) is 2.63. The van der Waals surface area contributed by atoms with Gasteiger partial charge in [0.05, 0.1) is 11.4 Å². The number of hydrazone groups is 1. The van der Waals surface area contributed by atoms with E-state index in [9.17, 15) is 18.4 Å². The number of carbonyl (C=O) groups is 2. The first-order valence-corrected chi connectivity index (χ1v) is 11.0. The predicted octanol–water partition coefficient (Wildman–Crippen LogP) is 6.21. The van der Waals surface area contributed by atoms with E-state index in [1.54, 1.807) is 13.0 Å². The lowest BCUT2D eigenvalue weighted by molar-refractivity contribution is -0.127. The van der Waals surface area contributed by atoms with E-state index in [1.165, 1.54) is 29.3 Å². The van der Waals surface area contributed by atoms with Crippen LogP contribution in [0, 0.1) is 5.92 Å². The molecule has 4 rings (SSSR count). The fourth-order valence-corrected chi connectivity index (χ4v) is 4.11. The van der Waals surface area contributed by atoms with Crippen LogP contribution in [0.3, 0.4) is 0 Å². The lowest BCUT2D eigenvalue weighted by Crippen LogP contribution is -2.36. The normalized spacial score (nSPS) is 16.0. The van der Waals surface area contributed by atoms with Gasteiger partial charge in [-0.3, -0.25) is 9.59 Å². The Kier molecular flexibility index (Phi) is 6.12. The highest BCUT2D eigenvalue weighted by Crippen LogP contribution is 2.33. The molecule has 33 heavy (non-hydrogen) atoms. The van der Waals surface area contributed by atoms with Crippen LogP contribution in [-0.2, 0) is 15.5 Å². The molecule has 1 heterocycles. The van der Waals surface area contributed by atoms with Gasteiger partial charge in [0, 0.05) is 22.6 Å². The summed E-state index contributed by atoms with van der Waals surface area (Å²) in [4.78, 5) is 26.0. The first kappa shape index (κ1) is 22.8. The molecule has 1 unspecified atom stereocenters. The van der Waals surface area contributed by atoms with Gasteiger partial charge in [-0.1, -0.05) is 58.4 Å². The van der Waals surface area contributed by atoms with Crippen molar-refractivity contribution >= 4 is 44.8 Å². The third kappa shape index (κ3) is 4.85. The molecule has 0 spiro atoms. The summed E-state index contributed by atoms with van der Waals surface area (Å²) in [5, 5.41) is 8.09. The van der Waals surface area contributed by atoms with E-state index in [0.29, 0.717) is 11.4 Å². The molecule has 3 aromatic rings. The van der Waals surface area contributed by atoms with Crippen molar-refractivity contribution in [3.8, 4) is 11.1 Å². The Balaban J connectivity index is 1.58. The number of alkyl halides is 2. The number of amides is 2. The van der Waals surface area contributed by atoms with E-state index in [0.717, 1.165) is 22.5 Å². The highest BCUT2D eigenvalue weighted by atomic mass is 79.9. The Morgan fingerprint density at radius 1 is 1.03 bits per heavy atom. The van der Waals surface area contributed by atoms with Gasteiger partial charge in [0.25, 0.3) is 11.8 Å². The van der Waals surface area contributed by atoms with Crippen LogP contribution < -0.4 is 10.3 Å². The smallest absolute Gasteiger partial charge is 0.270 e. The number of nitrogens with one attached hydrogen (secondary N) is 1. The van der Waals surface area contributed by atoms with Crippen molar-refractivity contribution in [3.63, 3.8) is 0 Å². The molecule has 0 saturated heterocycles. The average Bonchev–Trinajstić information content (AvgIpc) is 3.07. The minimum atomic E-state index is -3.05. The zero-order valence-corrected chi connectivity index (χ0v) is 19.4. The molecule has 5 nitrogen and oxygen atoms in total. The van der Waals surface area contributed by atoms with Gasteiger partial charge >= 0.3 is 0 Å². The number of nitrogens with zero attached hydrogens (tertiary/aromatic N) is 2. The molecule has 2 amide bonds. The van der Waals surface area contributed by atoms with Crippen LogP contribution in [0.15, 0.2) is 82.4 Å². The number of hydrogen-bond acceptors (Lipinski definition) is 3. The second-order valence-corrected chi connectivity index (χ2v) is 8.76. The Bertz CT molecular complexity index is 1260. The van der Waals surface area contributed by atoms with E-state index in [4.69, 9.17) is 0 Å². The van der Waals surface area contributed by atoms with Gasteiger partial charge < -0.3 is 5.32 Å². The van der Waals surface area contributed by atoms with Gasteiger partial charge in [0.1, 0.15) is 0 Å². The summed E-state index contributed by atoms with van der Waals surface area (Å²) >= 11 is 3.48. The molecule has 0 aromatic heterocycles. The minimum Gasteiger partial charge on any atom is -0.325 e. The van der Waals surface area contributed by atoms with E-state index in [2.05, 4.69) is 26.3 Å². The minimum absolute atomic E-state index is 0.187. The standard InChI is InChI=1S/C25H20BrF2N3O2/c1-15-22(23(32)29-20-10-6-9-18(13-20)25(2,27)28)24(33)31(30-15)21-12-17(11-19(26)14-21)16-7-4-3-5-8-16/h3-14,22H,1-2H3,(H,29,32). The molecule has 1 aliphatic heterocycles. The lowest BCUT2D eigenvalue weighted by atomic mass is 10.0. The largest absolute Gasteiger partial charge is 0.325 e. The maximum Gasteiger partial charge on any atom is 0.270 e. The summed E-state index contributed by atoms with van der Waals surface area (Å²) in [6.45, 7) is 2.37. The summed E-state index contributed by atoms with van der Waals surface area (Å²) in [6, 6.07) is 20.6. The lowest BCUT2D eigenvalue weighted by Gasteiger charge is -2.17. The van der Waals surface area contributed by atoms with Crippen LogP contribution in [-0.4, -0.2) is 17.5 Å². The van der Waals surface area contributed by atoms with Crippen molar-refractivity contribution in [3.05, 3.63) is 82.8 Å². The molecule has 1 atom stereocenters. The molecule has 0 radical (unpaired) electrons. The third-order valence-electron chi connectivity index (χ3n) is 5.26. The fourth-order valence-electron chi connectivity index (χ4n) is 3.63. The molecule has 1 N–H and O–H groups in total. The van der Waals surface area contributed by atoms with Gasteiger partial charge in [0.15, 0.2) is 5.92 Å². The molecule has 0 fully saturated rings. The highest BCUT2D eigenvalue weighted by Gasteiger charge is 2.40. The van der Waals surface area contributed by atoms with Gasteiger partial charge in [0.2, 0.25) is 5.91 Å². The van der Waals surface area contributed by atoms with E-state index < -0.39 is 23.7 Å².